The van der Waals surface area contributed by atoms with Crippen molar-refractivity contribution in [3.8, 4) is 0 Å². The van der Waals surface area contributed by atoms with Crippen molar-refractivity contribution in [1.82, 2.24) is 4.98 Å². The number of carbonyl (C=O) groups is 2. The van der Waals surface area contributed by atoms with Gasteiger partial charge in [-0.2, -0.15) is 0 Å². The number of ketones is 1. The Labute approximate surface area is 91.0 Å². The van der Waals surface area contributed by atoms with Gasteiger partial charge >= 0.3 is 0 Å². The van der Waals surface area contributed by atoms with Crippen molar-refractivity contribution >= 4 is 33.5 Å². The predicted octanol–water partition coefficient (Wildman–Crippen LogP) is 2.42. The molecule has 0 atom stereocenters. The van der Waals surface area contributed by atoms with E-state index in [4.69, 9.17) is 11.6 Å². The van der Waals surface area contributed by atoms with E-state index in [0.29, 0.717) is 5.56 Å². The molecule has 1 aromatic heterocycles. The molecule has 0 fully saturated rings. The summed E-state index contributed by atoms with van der Waals surface area (Å²) in [6.07, 6.45) is 1.51. The summed E-state index contributed by atoms with van der Waals surface area (Å²) in [5, 5.41) is -0.198. The molecular formula is C11H8ClNO2. The van der Waals surface area contributed by atoms with E-state index in [-0.39, 0.29) is 0 Å². The first-order valence-corrected chi connectivity index (χ1v) is 4.80. The molecule has 3 nitrogen and oxygen atoms in total. The van der Waals surface area contributed by atoms with Crippen LogP contribution in [0, 0.1) is 6.92 Å². The van der Waals surface area contributed by atoms with Crippen molar-refractivity contribution in [2.24, 2.45) is 0 Å². The van der Waals surface area contributed by atoms with Gasteiger partial charge in [-0.3, -0.25) is 9.59 Å². The third kappa shape index (κ3) is 1.55. The summed E-state index contributed by atoms with van der Waals surface area (Å²) >= 11 is 5.17. The highest BCUT2D eigenvalue weighted by molar-refractivity contribution is 6.83. The van der Waals surface area contributed by atoms with Gasteiger partial charge in [-0.05, 0) is 30.2 Å². The number of carbonyl (C=O) groups excluding carboxylic acids is 2. The minimum Gasteiger partial charge on any atom is -0.360 e. The molecule has 0 saturated heterocycles. The van der Waals surface area contributed by atoms with E-state index in [0.717, 1.165) is 16.5 Å². The molecule has 0 amide bonds. The zero-order valence-electron chi connectivity index (χ0n) is 8.00. The monoisotopic (exact) mass is 221 g/mol. The Kier molecular flexibility index (Phi) is 2.32. The summed E-state index contributed by atoms with van der Waals surface area (Å²) in [6, 6.07) is 5.61. The van der Waals surface area contributed by atoms with Crippen LogP contribution in [0.4, 0.5) is 0 Å². The SMILES string of the molecule is Cc1cccc2[nH]cc(C(=O)C(=O)Cl)c12. The van der Waals surface area contributed by atoms with Gasteiger partial charge in [-0.15, -0.1) is 0 Å². The molecule has 0 aliphatic heterocycles. The molecule has 2 rings (SSSR count). The van der Waals surface area contributed by atoms with E-state index in [2.05, 4.69) is 4.98 Å². The molecule has 15 heavy (non-hydrogen) atoms. The van der Waals surface area contributed by atoms with Crippen molar-refractivity contribution in [3.63, 3.8) is 0 Å². The number of halogens is 1. The van der Waals surface area contributed by atoms with Gasteiger partial charge in [0.25, 0.3) is 5.24 Å². The highest BCUT2D eigenvalue weighted by Crippen LogP contribution is 2.22. The van der Waals surface area contributed by atoms with Gasteiger partial charge in [-0.25, -0.2) is 0 Å². The molecule has 1 heterocycles. The Morgan fingerprint density at radius 1 is 1.33 bits per heavy atom. The lowest BCUT2D eigenvalue weighted by Crippen LogP contribution is -2.06. The standard InChI is InChI=1S/C11H8ClNO2/c1-6-3-2-4-8-9(6)7(5-13-8)10(14)11(12)15/h2-5,13H,1H3. The maximum atomic E-state index is 11.5. The first-order chi connectivity index (χ1) is 7.11. The van der Waals surface area contributed by atoms with E-state index >= 15 is 0 Å². The van der Waals surface area contributed by atoms with Crippen LogP contribution in [0.2, 0.25) is 0 Å². The predicted molar refractivity (Wildman–Crippen MR) is 58.2 cm³/mol. The van der Waals surface area contributed by atoms with Crippen LogP contribution in [0.15, 0.2) is 24.4 Å². The molecule has 1 aromatic carbocycles. The second kappa shape index (κ2) is 3.51. The number of nitrogens with one attached hydrogen (secondary N) is 1. The maximum absolute atomic E-state index is 11.5. The number of hydrogen-bond acceptors (Lipinski definition) is 2. The Morgan fingerprint density at radius 3 is 2.73 bits per heavy atom. The van der Waals surface area contributed by atoms with Crippen molar-refractivity contribution in [2.75, 3.05) is 0 Å². The number of Topliss-reactive ketones (excluding diaryl/α,β-unsaturated/α-hetero) is 1. The number of aromatic amines is 1. The Bertz CT molecular complexity index is 557. The topological polar surface area (TPSA) is 49.9 Å². The highest BCUT2D eigenvalue weighted by Gasteiger charge is 2.18. The van der Waals surface area contributed by atoms with Gasteiger partial charge < -0.3 is 4.98 Å². The summed E-state index contributed by atoms with van der Waals surface area (Å²) < 4.78 is 0. The molecule has 0 aliphatic carbocycles. The van der Waals surface area contributed by atoms with Crippen LogP contribution in [0.25, 0.3) is 10.9 Å². The third-order valence-corrected chi connectivity index (χ3v) is 2.51. The number of fused-ring (bicyclic) bond motifs is 1. The second-order valence-electron chi connectivity index (χ2n) is 3.30. The molecule has 0 saturated carbocycles. The van der Waals surface area contributed by atoms with Gasteiger partial charge in [0.1, 0.15) is 0 Å². The molecule has 76 valence electrons. The van der Waals surface area contributed by atoms with Gasteiger partial charge in [0, 0.05) is 17.1 Å². The molecule has 4 heteroatoms. The zero-order valence-corrected chi connectivity index (χ0v) is 8.76. The smallest absolute Gasteiger partial charge is 0.293 e. The largest absolute Gasteiger partial charge is 0.360 e. The van der Waals surface area contributed by atoms with Crippen LogP contribution < -0.4 is 0 Å². The molecule has 2 aromatic rings. The summed E-state index contributed by atoms with van der Waals surface area (Å²) in [7, 11) is 0. The number of benzene rings is 1. The van der Waals surface area contributed by atoms with E-state index < -0.39 is 11.0 Å². The van der Waals surface area contributed by atoms with Gasteiger partial charge in [0.05, 0.1) is 5.56 Å². The number of hydrogen-bond donors (Lipinski definition) is 1. The lowest BCUT2D eigenvalue weighted by molar-refractivity contribution is -0.108. The maximum Gasteiger partial charge on any atom is 0.293 e. The zero-order chi connectivity index (χ0) is 11.0. The summed E-state index contributed by atoms with van der Waals surface area (Å²) in [6.45, 7) is 1.88. The summed E-state index contributed by atoms with van der Waals surface area (Å²) in [5.74, 6) is -0.669. The minimum absolute atomic E-state index is 0.336. The molecular weight excluding hydrogens is 214 g/mol. The molecule has 0 bridgehead atoms. The molecule has 0 radical (unpaired) electrons. The summed E-state index contributed by atoms with van der Waals surface area (Å²) in [4.78, 5) is 25.2. The van der Waals surface area contributed by atoms with Gasteiger partial charge in [0.15, 0.2) is 0 Å². The van der Waals surface area contributed by atoms with Gasteiger partial charge in [0.2, 0.25) is 5.78 Å². The Hall–Kier alpha value is -1.61. The van der Waals surface area contributed by atoms with Crippen molar-refractivity contribution in [3.05, 3.63) is 35.5 Å². The highest BCUT2D eigenvalue weighted by atomic mass is 35.5. The van der Waals surface area contributed by atoms with E-state index in [1.54, 1.807) is 0 Å². The van der Waals surface area contributed by atoms with Crippen LogP contribution in [0.5, 0.6) is 0 Å². The average Bonchev–Trinajstić information content (AvgIpc) is 2.61. The normalized spacial score (nSPS) is 10.5. The minimum atomic E-state index is -0.959. The molecule has 0 spiro atoms. The Balaban J connectivity index is 2.73. The van der Waals surface area contributed by atoms with Crippen LogP contribution in [0.1, 0.15) is 15.9 Å². The van der Waals surface area contributed by atoms with E-state index in [1.807, 2.05) is 25.1 Å². The number of rotatable bonds is 2. The van der Waals surface area contributed by atoms with E-state index in [1.165, 1.54) is 6.20 Å². The number of H-pyrrole nitrogens is 1. The lowest BCUT2D eigenvalue weighted by Gasteiger charge is -1.97. The van der Waals surface area contributed by atoms with Gasteiger partial charge in [-0.1, -0.05) is 12.1 Å². The summed E-state index contributed by atoms with van der Waals surface area (Å²) in [5.41, 5.74) is 2.11. The van der Waals surface area contributed by atoms with Crippen LogP contribution in [0.3, 0.4) is 0 Å². The third-order valence-electron chi connectivity index (χ3n) is 2.34. The molecule has 1 N–H and O–H groups in total. The van der Waals surface area contributed by atoms with E-state index in [9.17, 15) is 9.59 Å². The first-order valence-electron chi connectivity index (χ1n) is 4.42. The average molecular weight is 222 g/mol. The number of aryl methyl sites for hydroxylation is 1. The van der Waals surface area contributed by atoms with Crippen LogP contribution in [-0.4, -0.2) is 16.0 Å². The molecule has 0 aliphatic rings. The first kappa shape index (κ1) is 9.93. The fraction of sp³-hybridized carbons (Fsp3) is 0.0909. The van der Waals surface area contributed by atoms with Crippen molar-refractivity contribution < 1.29 is 9.59 Å². The number of aromatic nitrogens is 1. The second-order valence-corrected chi connectivity index (χ2v) is 3.65. The van der Waals surface area contributed by atoms with Crippen LogP contribution in [-0.2, 0) is 4.79 Å². The fourth-order valence-electron chi connectivity index (χ4n) is 1.65. The van der Waals surface area contributed by atoms with Crippen LogP contribution >= 0.6 is 11.6 Å². The Morgan fingerprint density at radius 2 is 2.07 bits per heavy atom. The molecule has 0 unspecified atom stereocenters. The van der Waals surface area contributed by atoms with Crippen molar-refractivity contribution in [2.45, 2.75) is 6.92 Å². The van der Waals surface area contributed by atoms with Crippen molar-refractivity contribution in [1.29, 1.82) is 0 Å². The quantitative estimate of drug-likeness (QED) is 0.481. The lowest BCUT2D eigenvalue weighted by atomic mass is 10.1. The fourth-order valence-corrected chi connectivity index (χ4v) is 1.75.